The van der Waals surface area contributed by atoms with Gasteiger partial charge in [-0.05, 0) is 54.0 Å². The number of Topliss-reactive ketones (excluding diaryl/α,β-unsaturated/α-hetero) is 1. The van der Waals surface area contributed by atoms with Crippen LogP contribution in [0, 0.1) is 6.92 Å². The lowest BCUT2D eigenvalue weighted by molar-refractivity contribution is -0.136. The van der Waals surface area contributed by atoms with Crippen LogP contribution < -0.4 is 5.32 Å². The molecule has 1 amide bonds. The van der Waals surface area contributed by atoms with Crippen molar-refractivity contribution in [1.29, 1.82) is 0 Å². The second-order valence-electron chi connectivity index (χ2n) is 5.99. The zero-order valence-corrected chi connectivity index (χ0v) is 15.6. The molecule has 0 bridgehead atoms. The Morgan fingerprint density at radius 2 is 2.04 bits per heavy atom. The molecule has 0 unspecified atom stereocenters. The number of benzene rings is 2. The number of halogens is 1. The van der Waals surface area contributed by atoms with E-state index in [-0.39, 0.29) is 24.7 Å². The lowest BCUT2D eigenvalue weighted by Crippen LogP contribution is -2.12. The number of carbonyl (C=O) groups is 3. The summed E-state index contributed by atoms with van der Waals surface area (Å²) in [4.78, 5) is 35.4. The molecule has 132 valence electrons. The highest BCUT2D eigenvalue weighted by molar-refractivity contribution is 9.10. The molecule has 2 aromatic carbocycles. The number of anilines is 1. The summed E-state index contributed by atoms with van der Waals surface area (Å²) < 4.78 is 5.88. The van der Waals surface area contributed by atoms with Crippen LogP contribution in [0.1, 0.15) is 27.0 Å². The maximum absolute atomic E-state index is 12.2. The van der Waals surface area contributed by atoms with Crippen molar-refractivity contribution in [3.05, 3.63) is 69.2 Å². The first kappa shape index (κ1) is 18.1. The highest BCUT2D eigenvalue weighted by Gasteiger charge is 2.19. The van der Waals surface area contributed by atoms with Crippen LogP contribution in [0.3, 0.4) is 0 Å². The molecule has 0 fully saturated rings. The highest BCUT2D eigenvalue weighted by Crippen LogP contribution is 2.24. The Kier molecular flexibility index (Phi) is 5.32. The topological polar surface area (TPSA) is 72.5 Å². The summed E-state index contributed by atoms with van der Waals surface area (Å²) in [5, 5.41) is 2.71. The number of ether oxygens (including phenoxy) is 1. The Bertz CT molecular complexity index is 933. The Hall–Kier alpha value is -2.73. The van der Waals surface area contributed by atoms with Crippen molar-refractivity contribution >= 4 is 45.4 Å². The first-order valence-corrected chi connectivity index (χ1v) is 8.78. The average molecular weight is 414 g/mol. The smallest absolute Gasteiger partial charge is 0.331 e. The van der Waals surface area contributed by atoms with Crippen LogP contribution in [0.4, 0.5) is 5.69 Å². The number of rotatable bonds is 5. The van der Waals surface area contributed by atoms with E-state index < -0.39 is 5.97 Å². The summed E-state index contributed by atoms with van der Waals surface area (Å²) in [6.07, 6.45) is 3.17. The molecule has 6 heteroatoms. The quantitative estimate of drug-likeness (QED) is 0.460. The van der Waals surface area contributed by atoms with Crippen molar-refractivity contribution < 1.29 is 19.1 Å². The largest absolute Gasteiger partial charge is 0.454 e. The molecule has 1 aliphatic heterocycles. The van der Waals surface area contributed by atoms with Crippen LogP contribution >= 0.6 is 15.9 Å². The molecular weight excluding hydrogens is 398 g/mol. The van der Waals surface area contributed by atoms with Gasteiger partial charge in [0, 0.05) is 21.8 Å². The minimum absolute atomic E-state index is 0.0940. The van der Waals surface area contributed by atoms with E-state index in [1.165, 1.54) is 6.08 Å². The van der Waals surface area contributed by atoms with Crippen LogP contribution in [0.2, 0.25) is 0 Å². The Labute approximate surface area is 159 Å². The third-order valence-corrected chi connectivity index (χ3v) is 4.64. The summed E-state index contributed by atoms with van der Waals surface area (Å²) in [6, 6.07) is 10.7. The second-order valence-corrected chi connectivity index (χ2v) is 6.84. The van der Waals surface area contributed by atoms with Gasteiger partial charge in [-0.25, -0.2) is 4.79 Å². The molecule has 0 radical (unpaired) electrons. The summed E-state index contributed by atoms with van der Waals surface area (Å²) in [5.74, 6) is -1.00. The van der Waals surface area contributed by atoms with Crippen molar-refractivity contribution in [3.63, 3.8) is 0 Å². The van der Waals surface area contributed by atoms with Crippen molar-refractivity contribution in [3.8, 4) is 0 Å². The van der Waals surface area contributed by atoms with Gasteiger partial charge in [0.15, 0.2) is 12.4 Å². The van der Waals surface area contributed by atoms with Gasteiger partial charge in [0.25, 0.3) is 0 Å². The Morgan fingerprint density at radius 1 is 1.23 bits per heavy atom. The Balaban J connectivity index is 1.57. The molecule has 2 aromatic rings. The molecule has 0 aliphatic carbocycles. The van der Waals surface area contributed by atoms with Gasteiger partial charge in [-0.1, -0.05) is 28.1 Å². The number of nitrogens with one attached hydrogen (secondary N) is 1. The van der Waals surface area contributed by atoms with Crippen LogP contribution in [0.15, 0.2) is 46.9 Å². The fourth-order valence-electron chi connectivity index (χ4n) is 2.60. The maximum atomic E-state index is 12.2. The minimum Gasteiger partial charge on any atom is -0.454 e. The second kappa shape index (κ2) is 7.66. The summed E-state index contributed by atoms with van der Waals surface area (Å²) in [7, 11) is 0. The maximum Gasteiger partial charge on any atom is 0.331 e. The number of amides is 1. The molecule has 5 nitrogen and oxygen atoms in total. The molecule has 26 heavy (non-hydrogen) atoms. The minimum atomic E-state index is -0.594. The van der Waals surface area contributed by atoms with E-state index in [9.17, 15) is 14.4 Å². The zero-order chi connectivity index (χ0) is 18.7. The SMILES string of the molecule is Cc1ccc(/C=C/C(=O)OCC(=O)c2ccc3c(c2)CC(=O)N3)c(Br)c1. The Morgan fingerprint density at radius 3 is 2.81 bits per heavy atom. The number of ketones is 1. The van der Waals surface area contributed by atoms with Crippen LogP contribution in [0.5, 0.6) is 0 Å². The fraction of sp³-hybridized carbons (Fsp3) is 0.150. The van der Waals surface area contributed by atoms with Crippen molar-refractivity contribution in [2.75, 3.05) is 11.9 Å². The first-order valence-electron chi connectivity index (χ1n) is 7.99. The van der Waals surface area contributed by atoms with Gasteiger partial charge in [-0.15, -0.1) is 0 Å². The molecular formula is C20H16BrNO4. The monoisotopic (exact) mass is 413 g/mol. The van der Waals surface area contributed by atoms with Crippen LogP contribution in [-0.2, 0) is 20.7 Å². The summed E-state index contributed by atoms with van der Waals surface area (Å²) >= 11 is 3.43. The molecule has 0 saturated carbocycles. The van der Waals surface area contributed by atoms with Crippen molar-refractivity contribution in [2.24, 2.45) is 0 Å². The normalized spacial score (nSPS) is 12.8. The lowest BCUT2D eigenvalue weighted by atomic mass is 10.1. The predicted octanol–water partition coefficient (Wildman–Crippen LogP) is 3.69. The average Bonchev–Trinajstić information content (AvgIpc) is 2.98. The number of esters is 1. The van der Waals surface area contributed by atoms with Gasteiger partial charge in [-0.3, -0.25) is 9.59 Å². The molecule has 1 heterocycles. The highest BCUT2D eigenvalue weighted by atomic mass is 79.9. The van der Waals surface area contributed by atoms with Gasteiger partial charge in [-0.2, -0.15) is 0 Å². The standard InChI is InChI=1S/C20H16BrNO4/c1-12-2-3-13(16(21)8-12)5-7-20(25)26-11-18(23)14-4-6-17-15(9-14)10-19(24)22-17/h2-9H,10-11H2,1H3,(H,22,24)/b7-5+. The molecule has 0 spiro atoms. The molecule has 1 aliphatic rings. The predicted molar refractivity (Wildman–Crippen MR) is 102 cm³/mol. The molecule has 0 atom stereocenters. The zero-order valence-electron chi connectivity index (χ0n) is 14.0. The number of aryl methyl sites for hydroxylation is 1. The van der Waals surface area contributed by atoms with E-state index in [0.29, 0.717) is 5.56 Å². The van der Waals surface area contributed by atoms with E-state index >= 15 is 0 Å². The van der Waals surface area contributed by atoms with Gasteiger partial charge < -0.3 is 10.1 Å². The van der Waals surface area contributed by atoms with Gasteiger partial charge in [0.05, 0.1) is 6.42 Å². The summed E-state index contributed by atoms with van der Waals surface area (Å²) in [6.45, 7) is 1.63. The van der Waals surface area contributed by atoms with Gasteiger partial charge in [0.1, 0.15) is 0 Å². The summed E-state index contributed by atoms with van der Waals surface area (Å²) in [5.41, 5.74) is 3.85. The van der Waals surface area contributed by atoms with E-state index in [1.54, 1.807) is 24.3 Å². The number of hydrogen-bond donors (Lipinski definition) is 1. The first-order chi connectivity index (χ1) is 12.4. The number of carbonyl (C=O) groups excluding carboxylic acids is 3. The van der Waals surface area contributed by atoms with E-state index in [1.807, 2.05) is 25.1 Å². The van der Waals surface area contributed by atoms with Gasteiger partial charge in [0.2, 0.25) is 5.91 Å². The van der Waals surface area contributed by atoms with E-state index in [0.717, 1.165) is 26.9 Å². The lowest BCUT2D eigenvalue weighted by Gasteiger charge is -2.04. The molecule has 3 rings (SSSR count). The van der Waals surface area contributed by atoms with E-state index in [4.69, 9.17) is 4.74 Å². The molecule has 1 N–H and O–H groups in total. The third kappa shape index (κ3) is 4.26. The number of fused-ring (bicyclic) bond motifs is 1. The third-order valence-electron chi connectivity index (χ3n) is 3.95. The van der Waals surface area contributed by atoms with Crippen molar-refractivity contribution in [2.45, 2.75) is 13.3 Å². The van der Waals surface area contributed by atoms with Crippen molar-refractivity contribution in [1.82, 2.24) is 0 Å². The number of hydrogen-bond acceptors (Lipinski definition) is 4. The molecule has 0 saturated heterocycles. The van der Waals surface area contributed by atoms with Crippen LogP contribution in [-0.4, -0.2) is 24.3 Å². The van der Waals surface area contributed by atoms with Crippen LogP contribution in [0.25, 0.3) is 6.08 Å². The fourth-order valence-corrected chi connectivity index (χ4v) is 3.22. The molecule has 0 aromatic heterocycles. The van der Waals surface area contributed by atoms with Gasteiger partial charge >= 0.3 is 5.97 Å². The van der Waals surface area contributed by atoms with E-state index in [2.05, 4.69) is 21.2 Å².